The first-order valence-corrected chi connectivity index (χ1v) is 9.88. The number of halogens is 1. The summed E-state index contributed by atoms with van der Waals surface area (Å²) in [6, 6.07) is 13.5. The zero-order valence-corrected chi connectivity index (χ0v) is 16.9. The lowest BCUT2D eigenvalue weighted by molar-refractivity contribution is -0.115. The first kappa shape index (κ1) is 20.7. The molecule has 1 amide bonds. The maximum absolute atomic E-state index is 13.6. The number of para-hydroxylation sites is 3. The van der Waals surface area contributed by atoms with Crippen LogP contribution in [0.2, 0.25) is 0 Å². The first-order chi connectivity index (χ1) is 14.1. The fourth-order valence-corrected chi connectivity index (χ4v) is 3.29. The molecule has 0 spiro atoms. The maximum Gasteiger partial charge on any atom is 0.232 e. The Hall–Kier alpha value is -3.07. The molecule has 0 atom stereocenters. The van der Waals surface area contributed by atoms with Crippen LogP contribution in [0.4, 0.5) is 10.1 Å². The molecule has 0 aliphatic carbocycles. The molecular formula is C20H21FN4O3S. The summed E-state index contributed by atoms with van der Waals surface area (Å²) in [5, 5.41) is 11.4. The standard InChI is InChI=1S/C20H21FN4O3S/c1-25-18(13-19(26)22-15-8-4-3-7-14(15)21)23-24-20(25)29-12-11-28-17-10-6-5-9-16(17)27-2/h3-10H,11-13H2,1-2H3,(H,22,26). The van der Waals surface area contributed by atoms with Crippen molar-refractivity contribution in [3.8, 4) is 11.5 Å². The van der Waals surface area contributed by atoms with E-state index in [1.807, 2.05) is 24.3 Å². The molecule has 0 aliphatic heterocycles. The number of hydrogen-bond donors (Lipinski definition) is 1. The second-order valence-corrected chi connectivity index (χ2v) is 7.07. The summed E-state index contributed by atoms with van der Waals surface area (Å²) in [6.45, 7) is 0.459. The van der Waals surface area contributed by atoms with Crippen LogP contribution in [0.25, 0.3) is 0 Å². The highest BCUT2D eigenvalue weighted by Gasteiger charge is 2.14. The minimum atomic E-state index is -0.481. The van der Waals surface area contributed by atoms with Gasteiger partial charge in [-0.15, -0.1) is 10.2 Å². The van der Waals surface area contributed by atoms with E-state index in [0.29, 0.717) is 34.8 Å². The van der Waals surface area contributed by atoms with Crippen molar-refractivity contribution < 1.29 is 18.7 Å². The van der Waals surface area contributed by atoms with Crippen molar-refractivity contribution in [2.24, 2.45) is 7.05 Å². The Morgan fingerprint density at radius 3 is 2.62 bits per heavy atom. The van der Waals surface area contributed by atoms with Crippen molar-refractivity contribution in [3.63, 3.8) is 0 Å². The molecule has 0 fully saturated rings. The zero-order valence-electron chi connectivity index (χ0n) is 16.1. The van der Waals surface area contributed by atoms with Crippen LogP contribution in [0.5, 0.6) is 11.5 Å². The van der Waals surface area contributed by atoms with Gasteiger partial charge in [-0.05, 0) is 24.3 Å². The topological polar surface area (TPSA) is 78.3 Å². The van der Waals surface area contributed by atoms with E-state index in [-0.39, 0.29) is 18.0 Å². The number of nitrogens with zero attached hydrogens (tertiary/aromatic N) is 3. The number of methoxy groups -OCH3 is 1. The van der Waals surface area contributed by atoms with Gasteiger partial charge in [0.25, 0.3) is 0 Å². The SMILES string of the molecule is COc1ccccc1OCCSc1nnc(CC(=O)Nc2ccccc2F)n1C. The van der Waals surface area contributed by atoms with Crippen LogP contribution in [0.1, 0.15) is 5.82 Å². The quantitative estimate of drug-likeness (QED) is 0.426. The van der Waals surface area contributed by atoms with Crippen LogP contribution in [0.15, 0.2) is 53.7 Å². The summed E-state index contributed by atoms with van der Waals surface area (Å²) in [7, 11) is 3.38. The Morgan fingerprint density at radius 2 is 1.86 bits per heavy atom. The summed E-state index contributed by atoms with van der Waals surface area (Å²) < 4.78 is 26.4. The van der Waals surface area contributed by atoms with Crippen LogP contribution in [0.3, 0.4) is 0 Å². The van der Waals surface area contributed by atoms with Crippen molar-refractivity contribution in [1.29, 1.82) is 0 Å². The predicted octanol–water partition coefficient (Wildman–Crippen LogP) is 3.32. The van der Waals surface area contributed by atoms with Gasteiger partial charge in [-0.25, -0.2) is 4.39 Å². The van der Waals surface area contributed by atoms with Gasteiger partial charge in [-0.2, -0.15) is 0 Å². The number of amides is 1. The number of anilines is 1. The molecule has 29 heavy (non-hydrogen) atoms. The number of carbonyl (C=O) groups is 1. The van der Waals surface area contributed by atoms with E-state index in [1.165, 1.54) is 23.9 Å². The predicted molar refractivity (Wildman–Crippen MR) is 109 cm³/mol. The van der Waals surface area contributed by atoms with E-state index >= 15 is 0 Å². The number of rotatable bonds is 9. The normalized spacial score (nSPS) is 10.6. The lowest BCUT2D eigenvalue weighted by Gasteiger charge is -2.10. The molecule has 0 bridgehead atoms. The summed E-state index contributed by atoms with van der Waals surface area (Å²) in [6.07, 6.45) is -0.00386. The zero-order chi connectivity index (χ0) is 20.6. The molecule has 152 valence electrons. The molecule has 0 unspecified atom stereocenters. The Bertz CT molecular complexity index is 980. The number of aromatic nitrogens is 3. The van der Waals surface area contributed by atoms with Gasteiger partial charge in [0.1, 0.15) is 11.6 Å². The fourth-order valence-electron chi connectivity index (χ4n) is 2.55. The van der Waals surface area contributed by atoms with Crippen molar-refractivity contribution in [2.45, 2.75) is 11.6 Å². The van der Waals surface area contributed by atoms with Gasteiger partial charge in [-0.1, -0.05) is 36.0 Å². The molecule has 3 aromatic rings. The number of hydrogen-bond acceptors (Lipinski definition) is 6. The van der Waals surface area contributed by atoms with Gasteiger partial charge in [-0.3, -0.25) is 4.79 Å². The van der Waals surface area contributed by atoms with E-state index < -0.39 is 5.82 Å². The van der Waals surface area contributed by atoms with E-state index in [1.54, 1.807) is 30.9 Å². The van der Waals surface area contributed by atoms with Crippen LogP contribution < -0.4 is 14.8 Å². The van der Waals surface area contributed by atoms with Gasteiger partial charge >= 0.3 is 0 Å². The molecule has 1 heterocycles. The molecule has 7 nitrogen and oxygen atoms in total. The lowest BCUT2D eigenvalue weighted by atomic mass is 10.3. The molecule has 0 saturated carbocycles. The number of ether oxygens (including phenoxy) is 2. The van der Waals surface area contributed by atoms with Crippen LogP contribution in [-0.2, 0) is 18.3 Å². The van der Waals surface area contributed by atoms with Gasteiger partial charge in [0.2, 0.25) is 5.91 Å². The Balaban J connectivity index is 1.50. The third-order valence-corrected chi connectivity index (χ3v) is 5.02. The van der Waals surface area contributed by atoms with E-state index in [9.17, 15) is 9.18 Å². The van der Waals surface area contributed by atoms with E-state index in [2.05, 4.69) is 15.5 Å². The maximum atomic E-state index is 13.6. The van der Waals surface area contributed by atoms with Crippen molar-refractivity contribution in [1.82, 2.24) is 14.8 Å². The third kappa shape index (κ3) is 5.47. The van der Waals surface area contributed by atoms with Crippen molar-refractivity contribution >= 4 is 23.4 Å². The molecule has 1 N–H and O–H groups in total. The third-order valence-electron chi connectivity index (χ3n) is 4.03. The van der Waals surface area contributed by atoms with Crippen LogP contribution >= 0.6 is 11.8 Å². The van der Waals surface area contributed by atoms with E-state index in [4.69, 9.17) is 9.47 Å². The molecule has 0 radical (unpaired) electrons. The summed E-state index contributed by atoms with van der Waals surface area (Å²) >= 11 is 1.47. The van der Waals surface area contributed by atoms with Gasteiger partial charge in [0, 0.05) is 12.8 Å². The average Bonchev–Trinajstić information content (AvgIpc) is 3.06. The molecule has 2 aromatic carbocycles. The molecule has 1 aromatic heterocycles. The minimum absolute atomic E-state index is 0.00386. The summed E-state index contributed by atoms with van der Waals surface area (Å²) in [5.41, 5.74) is 0.141. The van der Waals surface area contributed by atoms with Crippen molar-refractivity contribution in [2.75, 3.05) is 24.8 Å². The van der Waals surface area contributed by atoms with E-state index in [0.717, 1.165) is 0 Å². The van der Waals surface area contributed by atoms with Gasteiger partial charge < -0.3 is 19.4 Å². The highest BCUT2D eigenvalue weighted by Crippen LogP contribution is 2.26. The van der Waals surface area contributed by atoms with Crippen LogP contribution in [0, 0.1) is 5.82 Å². The Kier molecular flexibility index (Phi) is 7.07. The van der Waals surface area contributed by atoms with Crippen molar-refractivity contribution in [3.05, 3.63) is 60.2 Å². The second-order valence-electron chi connectivity index (χ2n) is 6.01. The smallest absolute Gasteiger partial charge is 0.232 e. The molecule has 3 rings (SSSR count). The number of nitrogens with one attached hydrogen (secondary N) is 1. The fraction of sp³-hybridized carbons (Fsp3) is 0.250. The second kappa shape index (κ2) is 9.92. The monoisotopic (exact) mass is 416 g/mol. The largest absolute Gasteiger partial charge is 0.493 e. The van der Waals surface area contributed by atoms with Gasteiger partial charge in [0.15, 0.2) is 16.7 Å². The molecular weight excluding hydrogens is 395 g/mol. The molecule has 0 saturated heterocycles. The summed E-state index contributed by atoms with van der Waals surface area (Å²) in [4.78, 5) is 12.2. The number of thioether (sulfide) groups is 1. The Morgan fingerprint density at radius 1 is 1.14 bits per heavy atom. The molecule has 0 aliphatic rings. The highest BCUT2D eigenvalue weighted by atomic mass is 32.2. The van der Waals surface area contributed by atoms with Gasteiger partial charge in [0.05, 0.1) is 25.8 Å². The summed E-state index contributed by atoms with van der Waals surface area (Å²) in [5.74, 6) is 1.66. The minimum Gasteiger partial charge on any atom is -0.493 e. The van der Waals surface area contributed by atoms with Crippen LogP contribution in [-0.4, -0.2) is 40.1 Å². The number of benzene rings is 2. The lowest BCUT2D eigenvalue weighted by Crippen LogP contribution is -2.17. The number of carbonyl (C=O) groups excluding carboxylic acids is 1. The molecule has 9 heteroatoms. The first-order valence-electron chi connectivity index (χ1n) is 8.89. The average molecular weight is 416 g/mol. The highest BCUT2D eigenvalue weighted by molar-refractivity contribution is 7.99. The Labute approximate surface area is 172 Å².